The monoisotopic (exact) mass is 982 g/mol. The highest BCUT2D eigenvalue weighted by Gasteiger charge is 2.10. The van der Waals surface area contributed by atoms with Gasteiger partial charge in [0, 0.05) is 61.5 Å². The number of carboxylic acid groups (broad SMARTS) is 1. The highest BCUT2D eigenvalue weighted by Crippen LogP contribution is 2.28. The van der Waals surface area contributed by atoms with Crippen molar-refractivity contribution in [1.29, 1.82) is 0 Å². The first-order valence-corrected chi connectivity index (χ1v) is 21.0. The average molecular weight is 986 g/mol. The highest BCUT2D eigenvalue weighted by atomic mass is 79.9. The minimum absolute atomic E-state index is 0.0623. The van der Waals surface area contributed by atoms with Crippen LogP contribution in [0.3, 0.4) is 0 Å². The van der Waals surface area contributed by atoms with Crippen LogP contribution in [0, 0.1) is 0 Å². The van der Waals surface area contributed by atoms with Gasteiger partial charge in [0.2, 0.25) is 16.5 Å². The van der Waals surface area contributed by atoms with Gasteiger partial charge in [-0.25, -0.2) is 24.7 Å². The Labute approximate surface area is 373 Å². The predicted molar refractivity (Wildman–Crippen MR) is 246 cm³/mol. The Morgan fingerprint density at radius 2 is 1.38 bits per heavy atom. The van der Waals surface area contributed by atoms with Crippen LogP contribution in [-0.2, 0) is 13.1 Å². The summed E-state index contributed by atoms with van der Waals surface area (Å²) in [4.78, 5) is 53.1. The zero-order valence-electron chi connectivity index (χ0n) is 31.2. The van der Waals surface area contributed by atoms with Crippen molar-refractivity contribution in [2.24, 2.45) is 9.98 Å². The van der Waals surface area contributed by atoms with E-state index in [-0.39, 0.29) is 16.4 Å². The number of aromatic carboxylic acids is 1. The smallest absolute Gasteiger partial charge is 0.345 e. The minimum Gasteiger partial charge on any atom is -0.477 e. The summed E-state index contributed by atoms with van der Waals surface area (Å²) in [6, 6.07) is 29.1. The number of ketones is 1. The van der Waals surface area contributed by atoms with Crippen LogP contribution < -0.4 is 10.6 Å². The number of H-pyrrole nitrogens is 1. The van der Waals surface area contributed by atoms with Gasteiger partial charge in [-0.1, -0.05) is 56.1 Å². The lowest BCUT2D eigenvalue weighted by atomic mass is 10.1. The van der Waals surface area contributed by atoms with E-state index in [9.17, 15) is 9.59 Å². The molecule has 60 heavy (non-hydrogen) atoms. The van der Waals surface area contributed by atoms with Gasteiger partial charge in [-0.2, -0.15) is 4.98 Å². The summed E-state index contributed by atoms with van der Waals surface area (Å²) in [5.74, 6) is 0.310. The number of Topliss-reactive ketones (excluding diaryl/α,β-unsaturated/α-hetero) is 1. The van der Waals surface area contributed by atoms with Crippen LogP contribution in [0.2, 0.25) is 10.6 Å². The molecule has 10 rings (SSSR count). The number of aromatic nitrogens is 6. The van der Waals surface area contributed by atoms with Crippen molar-refractivity contribution in [2.75, 3.05) is 10.6 Å². The Morgan fingerprint density at radius 1 is 0.733 bits per heavy atom. The van der Waals surface area contributed by atoms with E-state index in [1.54, 1.807) is 25.3 Å². The number of halogens is 4. The maximum Gasteiger partial charge on any atom is 0.345 e. The third-order valence-electron chi connectivity index (χ3n) is 8.63. The number of thiophene rings is 1. The molecule has 0 saturated carbocycles. The third kappa shape index (κ3) is 11.2. The molecule has 0 atom stereocenters. The molecule has 4 aromatic carbocycles. The number of nitrogens with zero attached hydrogens (tertiary/aromatic N) is 7. The minimum atomic E-state index is -0.864. The number of carbonyl (C=O) groups excluding carboxylic acids is 1. The normalized spacial score (nSPS) is 11.7. The molecule has 18 heteroatoms. The number of aromatic amines is 1. The lowest BCUT2D eigenvalue weighted by molar-refractivity contribution is 0.0702. The van der Waals surface area contributed by atoms with E-state index in [4.69, 9.17) is 28.3 Å². The van der Waals surface area contributed by atoms with E-state index >= 15 is 0 Å². The molecule has 300 valence electrons. The SMILES string of the molecule is CC(=O)c1cc2ccc(Br)cc2[nH]1.Clc1nccc(Nc2ccc3c(c2)C=NC3)n1.Clc1ncnc(Nc2ccc3c(c2)C=NC3)n1.O=C(O)c1cc2ccc(Br)cc2s1. The summed E-state index contributed by atoms with van der Waals surface area (Å²) in [5.41, 5.74) is 8.25. The first-order chi connectivity index (χ1) is 28.9. The molecule has 4 aromatic heterocycles. The number of carbonyl (C=O) groups is 2. The number of carboxylic acids is 1. The van der Waals surface area contributed by atoms with Crippen LogP contribution in [0.25, 0.3) is 21.0 Å². The van der Waals surface area contributed by atoms with Crippen molar-refractivity contribution >= 4 is 135 Å². The quantitative estimate of drug-likeness (QED) is 0.0924. The lowest BCUT2D eigenvalue weighted by Crippen LogP contribution is -1.98. The van der Waals surface area contributed by atoms with Crippen LogP contribution in [0.4, 0.5) is 23.1 Å². The van der Waals surface area contributed by atoms with E-state index < -0.39 is 5.97 Å². The number of aliphatic imine (C=N–C) groups is 2. The maximum absolute atomic E-state index is 11.1. The van der Waals surface area contributed by atoms with Gasteiger partial charge in [0.05, 0.1) is 18.8 Å². The van der Waals surface area contributed by atoms with E-state index in [1.165, 1.54) is 28.8 Å². The fraction of sp³-hybridized carbons (Fsp3) is 0.0714. The van der Waals surface area contributed by atoms with Crippen molar-refractivity contribution in [3.63, 3.8) is 0 Å². The summed E-state index contributed by atoms with van der Waals surface area (Å²) in [5, 5.41) is 17.4. The first-order valence-electron chi connectivity index (χ1n) is 17.8. The molecule has 2 aliphatic heterocycles. The fourth-order valence-corrected chi connectivity index (χ4v) is 7.86. The van der Waals surface area contributed by atoms with Gasteiger partial charge in [-0.15, -0.1) is 11.3 Å². The van der Waals surface area contributed by atoms with Crippen molar-refractivity contribution in [2.45, 2.75) is 20.0 Å². The molecule has 0 amide bonds. The molecule has 0 bridgehead atoms. The summed E-state index contributed by atoms with van der Waals surface area (Å²) < 4.78 is 2.97. The van der Waals surface area contributed by atoms with Gasteiger partial charge in [0.25, 0.3) is 0 Å². The highest BCUT2D eigenvalue weighted by molar-refractivity contribution is 9.10. The van der Waals surface area contributed by atoms with Crippen LogP contribution in [0.1, 0.15) is 49.3 Å². The standard InChI is InChI=1S/C12H9ClN4.C11H8ClN5.C10H8BrNO.C9H5BrO2S/c13-12-15-4-3-11(17-12)16-10-2-1-8-6-14-7-9(8)5-10;12-10-14-6-15-11(17-10)16-9-2-1-7-4-13-5-8(7)3-9;1-6(13)9-4-7-2-3-8(11)5-10(7)12-9;10-6-2-1-5-3-8(9(11)12)13-7(5)4-6/h1-5,7H,6H2,(H,15,16,17);1-3,5-6H,4H2,(H,14,15,16,17);2-5,12H,1H3;1-4H,(H,11,12). The third-order valence-corrected chi connectivity index (χ3v) is 11.1. The average Bonchev–Trinajstić information content (AvgIpc) is 4.04. The number of hydrogen-bond donors (Lipinski definition) is 4. The number of rotatable bonds is 6. The van der Waals surface area contributed by atoms with Crippen molar-refractivity contribution < 1.29 is 14.7 Å². The molecule has 0 saturated heterocycles. The molecule has 6 heterocycles. The van der Waals surface area contributed by atoms with E-state index in [1.807, 2.05) is 85.2 Å². The van der Waals surface area contributed by atoms with Crippen LogP contribution in [-0.4, -0.2) is 59.2 Å². The first kappa shape index (κ1) is 42.2. The van der Waals surface area contributed by atoms with Gasteiger partial charge in [0.1, 0.15) is 17.0 Å². The zero-order chi connectivity index (χ0) is 42.2. The van der Waals surface area contributed by atoms with Gasteiger partial charge < -0.3 is 20.7 Å². The number of fused-ring (bicyclic) bond motifs is 4. The number of nitrogens with one attached hydrogen (secondary N) is 3. The molecule has 2 aliphatic rings. The maximum atomic E-state index is 11.1. The molecule has 0 aliphatic carbocycles. The van der Waals surface area contributed by atoms with Crippen LogP contribution in [0.5, 0.6) is 0 Å². The van der Waals surface area contributed by atoms with Crippen molar-refractivity contribution in [3.05, 3.63) is 156 Å². The van der Waals surface area contributed by atoms with Crippen LogP contribution >= 0.6 is 66.4 Å². The Kier molecular flexibility index (Phi) is 13.7. The molecule has 4 N–H and O–H groups in total. The summed E-state index contributed by atoms with van der Waals surface area (Å²) in [6.45, 7) is 3.09. The molecule has 13 nitrogen and oxygen atoms in total. The zero-order valence-corrected chi connectivity index (χ0v) is 36.7. The summed E-state index contributed by atoms with van der Waals surface area (Å²) >= 11 is 19.4. The summed E-state index contributed by atoms with van der Waals surface area (Å²) in [7, 11) is 0. The fourth-order valence-electron chi connectivity index (χ4n) is 5.78. The van der Waals surface area contributed by atoms with E-state index in [2.05, 4.69) is 88.4 Å². The van der Waals surface area contributed by atoms with Gasteiger partial charge >= 0.3 is 5.97 Å². The Hall–Kier alpha value is -5.91. The van der Waals surface area contributed by atoms with Gasteiger partial charge in [-0.05, 0) is 118 Å². The van der Waals surface area contributed by atoms with Crippen LogP contribution in [0.15, 0.2) is 122 Å². The van der Waals surface area contributed by atoms with E-state index in [0.717, 1.165) is 65.5 Å². The van der Waals surface area contributed by atoms with Crippen molar-refractivity contribution in [3.8, 4) is 0 Å². The second-order valence-electron chi connectivity index (χ2n) is 12.9. The number of benzene rings is 4. The Morgan fingerprint density at radius 3 is 2.03 bits per heavy atom. The second-order valence-corrected chi connectivity index (χ2v) is 16.5. The van der Waals surface area contributed by atoms with Gasteiger partial charge in [0.15, 0.2) is 5.78 Å². The largest absolute Gasteiger partial charge is 0.477 e. The molecule has 0 fully saturated rings. The van der Waals surface area contributed by atoms with Gasteiger partial charge in [-0.3, -0.25) is 14.8 Å². The Bertz CT molecular complexity index is 2740. The predicted octanol–water partition coefficient (Wildman–Crippen LogP) is 11.5. The Balaban J connectivity index is 0.000000122. The molecule has 0 unspecified atom stereocenters. The number of hydrogen-bond acceptors (Lipinski definition) is 12. The molecular weight excluding hydrogens is 955 g/mol. The lowest BCUT2D eigenvalue weighted by Gasteiger charge is -2.06. The summed E-state index contributed by atoms with van der Waals surface area (Å²) in [6.07, 6.45) is 6.73. The molecule has 0 radical (unpaired) electrons. The molecular formula is C42H30Br2Cl2N10O3S. The number of anilines is 4. The second kappa shape index (κ2) is 19.4. The molecule has 8 aromatic rings. The topological polar surface area (TPSA) is 183 Å². The van der Waals surface area contributed by atoms with E-state index in [0.29, 0.717) is 22.3 Å². The van der Waals surface area contributed by atoms with Crippen molar-refractivity contribution in [1.82, 2.24) is 29.9 Å². The molecule has 0 spiro atoms.